The molecule has 0 atom stereocenters. The predicted molar refractivity (Wildman–Crippen MR) is 92.6 cm³/mol. The van der Waals surface area contributed by atoms with Crippen molar-refractivity contribution in [1.29, 1.82) is 0 Å². The van der Waals surface area contributed by atoms with Crippen LogP contribution in [0.1, 0.15) is 20.8 Å². The van der Waals surface area contributed by atoms with Gasteiger partial charge in [-0.2, -0.15) is 0 Å². The third-order valence-corrected chi connectivity index (χ3v) is 3.26. The first-order valence-electron chi connectivity index (χ1n) is 7.71. The summed E-state index contributed by atoms with van der Waals surface area (Å²) >= 11 is 0. The van der Waals surface area contributed by atoms with Crippen LogP contribution in [0.25, 0.3) is 10.9 Å². The Morgan fingerprint density at radius 2 is 1.92 bits per heavy atom. The first-order chi connectivity index (χ1) is 11.8. The lowest BCUT2D eigenvalue weighted by Gasteiger charge is -2.18. The van der Waals surface area contributed by atoms with Gasteiger partial charge in [0, 0.05) is 18.1 Å². The highest BCUT2D eigenvalue weighted by Gasteiger charge is 2.23. The molecule has 2 heterocycles. The second-order valence-electron chi connectivity index (χ2n) is 6.42. The van der Waals surface area contributed by atoms with Crippen LogP contribution in [0.5, 0.6) is 5.88 Å². The fourth-order valence-electron chi connectivity index (χ4n) is 2.31. The monoisotopic (exact) mass is 343 g/mol. The quantitative estimate of drug-likeness (QED) is 0.671. The van der Waals surface area contributed by atoms with Crippen molar-refractivity contribution in [3.63, 3.8) is 0 Å². The number of aromatic amines is 1. The molecular formula is C18H18FN3O3. The number of hydrogen-bond donors (Lipinski definition) is 2. The Morgan fingerprint density at radius 3 is 2.60 bits per heavy atom. The Bertz CT molecular complexity index is 901. The van der Waals surface area contributed by atoms with E-state index in [-0.39, 0.29) is 11.3 Å². The van der Waals surface area contributed by atoms with Crippen LogP contribution in [0.3, 0.4) is 0 Å². The van der Waals surface area contributed by atoms with Crippen LogP contribution in [0.2, 0.25) is 0 Å². The summed E-state index contributed by atoms with van der Waals surface area (Å²) in [6, 6.07) is 8.04. The Balaban J connectivity index is 2.01. The highest BCUT2D eigenvalue weighted by atomic mass is 19.1. The van der Waals surface area contributed by atoms with Gasteiger partial charge in [-0.1, -0.05) is 6.07 Å². The van der Waals surface area contributed by atoms with Crippen molar-refractivity contribution in [1.82, 2.24) is 9.97 Å². The minimum atomic E-state index is -0.878. The molecule has 7 heteroatoms. The van der Waals surface area contributed by atoms with Crippen molar-refractivity contribution in [2.24, 2.45) is 0 Å². The van der Waals surface area contributed by atoms with E-state index in [1.54, 1.807) is 57.4 Å². The zero-order chi connectivity index (χ0) is 18.0. The summed E-state index contributed by atoms with van der Waals surface area (Å²) in [6.07, 6.45) is 2.32. The molecule has 6 nitrogen and oxygen atoms in total. The van der Waals surface area contributed by atoms with Gasteiger partial charge in [0.2, 0.25) is 5.88 Å². The molecule has 0 saturated heterocycles. The Morgan fingerprint density at radius 1 is 1.20 bits per heavy atom. The maximum Gasteiger partial charge on any atom is 0.515 e. The number of anilines is 2. The number of carbonyl (C=O) groups excluding carboxylic acids is 1. The molecule has 0 saturated carbocycles. The van der Waals surface area contributed by atoms with E-state index in [1.165, 1.54) is 6.07 Å². The maximum absolute atomic E-state index is 14.3. The van der Waals surface area contributed by atoms with Gasteiger partial charge < -0.3 is 19.8 Å². The minimum absolute atomic E-state index is 0.0752. The van der Waals surface area contributed by atoms with E-state index in [0.29, 0.717) is 16.9 Å². The molecular weight excluding hydrogens is 325 g/mol. The number of nitrogens with one attached hydrogen (secondary N) is 2. The third kappa shape index (κ3) is 3.88. The standard InChI is InChI=1S/C18H18FN3O3/c1-18(2,3)25-17(23)24-16-15(21-11-7-9-20-10-8-11)14-12(19)5-4-6-13(14)22-16/h4-10,22H,1-3H3,(H,20,21). The normalized spacial score (nSPS) is 11.4. The molecule has 2 aromatic heterocycles. The van der Waals surface area contributed by atoms with Crippen LogP contribution >= 0.6 is 0 Å². The van der Waals surface area contributed by atoms with Gasteiger partial charge in [-0.15, -0.1) is 0 Å². The van der Waals surface area contributed by atoms with E-state index in [1.807, 2.05) is 0 Å². The van der Waals surface area contributed by atoms with Crippen LogP contribution in [-0.4, -0.2) is 21.7 Å². The van der Waals surface area contributed by atoms with E-state index in [2.05, 4.69) is 15.3 Å². The zero-order valence-electron chi connectivity index (χ0n) is 14.1. The second-order valence-corrected chi connectivity index (χ2v) is 6.42. The summed E-state index contributed by atoms with van der Waals surface area (Å²) in [4.78, 5) is 18.8. The molecule has 0 bridgehead atoms. The molecule has 25 heavy (non-hydrogen) atoms. The number of benzene rings is 1. The molecule has 3 aromatic rings. The fraction of sp³-hybridized carbons (Fsp3) is 0.222. The maximum atomic E-state index is 14.3. The highest BCUT2D eigenvalue weighted by Crippen LogP contribution is 2.37. The molecule has 0 aliphatic rings. The topological polar surface area (TPSA) is 76.2 Å². The van der Waals surface area contributed by atoms with Gasteiger partial charge in [0.05, 0.1) is 10.9 Å². The van der Waals surface area contributed by atoms with Gasteiger partial charge >= 0.3 is 6.16 Å². The Labute approximate surface area is 144 Å². The van der Waals surface area contributed by atoms with Gasteiger partial charge in [0.15, 0.2) is 0 Å². The molecule has 0 aliphatic carbocycles. The van der Waals surface area contributed by atoms with Gasteiger partial charge in [-0.3, -0.25) is 4.98 Å². The molecule has 0 unspecified atom stereocenters. The number of hydrogen-bond acceptors (Lipinski definition) is 5. The SMILES string of the molecule is CC(C)(C)OC(=O)Oc1[nH]c2cccc(F)c2c1Nc1ccncc1. The van der Waals surface area contributed by atoms with Crippen molar-refractivity contribution >= 4 is 28.4 Å². The Hall–Kier alpha value is -3.09. The number of nitrogens with zero attached hydrogens (tertiary/aromatic N) is 1. The van der Waals surface area contributed by atoms with E-state index in [9.17, 15) is 9.18 Å². The van der Waals surface area contributed by atoms with Crippen molar-refractivity contribution in [3.8, 4) is 5.88 Å². The van der Waals surface area contributed by atoms with Gasteiger partial charge in [0.1, 0.15) is 17.1 Å². The van der Waals surface area contributed by atoms with Crippen LogP contribution in [0.15, 0.2) is 42.7 Å². The smallest absolute Gasteiger partial charge is 0.428 e. The zero-order valence-corrected chi connectivity index (χ0v) is 14.1. The van der Waals surface area contributed by atoms with E-state index >= 15 is 0 Å². The summed E-state index contributed by atoms with van der Waals surface area (Å²) < 4.78 is 24.8. The lowest BCUT2D eigenvalue weighted by atomic mass is 10.2. The fourth-order valence-corrected chi connectivity index (χ4v) is 2.31. The number of halogens is 1. The molecule has 0 spiro atoms. The summed E-state index contributed by atoms with van der Waals surface area (Å²) in [5.41, 5.74) is 0.779. The number of carbonyl (C=O) groups is 1. The number of aromatic nitrogens is 2. The van der Waals surface area contributed by atoms with Gasteiger partial charge in [-0.25, -0.2) is 9.18 Å². The largest absolute Gasteiger partial charge is 0.515 e. The first kappa shape index (κ1) is 16.8. The van der Waals surface area contributed by atoms with Crippen LogP contribution in [0.4, 0.5) is 20.6 Å². The number of ether oxygens (including phenoxy) is 2. The Kier molecular flexibility index (Phi) is 4.31. The molecule has 2 N–H and O–H groups in total. The molecule has 0 amide bonds. The van der Waals surface area contributed by atoms with E-state index < -0.39 is 17.6 Å². The first-order valence-corrected chi connectivity index (χ1v) is 7.71. The number of pyridine rings is 1. The summed E-state index contributed by atoms with van der Waals surface area (Å²) in [7, 11) is 0. The molecule has 130 valence electrons. The van der Waals surface area contributed by atoms with E-state index in [0.717, 1.165) is 0 Å². The lowest BCUT2D eigenvalue weighted by Crippen LogP contribution is -2.26. The van der Waals surface area contributed by atoms with Crippen molar-refractivity contribution in [2.45, 2.75) is 26.4 Å². The van der Waals surface area contributed by atoms with Gasteiger partial charge in [-0.05, 0) is 45.0 Å². The summed E-state index contributed by atoms with van der Waals surface area (Å²) in [6.45, 7) is 5.19. The number of rotatable bonds is 3. The number of H-pyrrole nitrogens is 1. The summed E-state index contributed by atoms with van der Waals surface area (Å²) in [5.74, 6) is -0.365. The number of fused-ring (bicyclic) bond motifs is 1. The molecule has 3 rings (SSSR count). The molecule has 0 radical (unpaired) electrons. The molecule has 0 aliphatic heterocycles. The molecule has 1 aromatic carbocycles. The lowest BCUT2D eigenvalue weighted by molar-refractivity contribution is 0.0200. The predicted octanol–water partition coefficient (Wildman–Crippen LogP) is 4.76. The average molecular weight is 343 g/mol. The van der Waals surface area contributed by atoms with Crippen molar-refractivity contribution < 1.29 is 18.7 Å². The van der Waals surface area contributed by atoms with Gasteiger partial charge in [0.25, 0.3) is 0 Å². The van der Waals surface area contributed by atoms with E-state index in [4.69, 9.17) is 9.47 Å². The van der Waals surface area contributed by atoms with Crippen LogP contribution in [-0.2, 0) is 4.74 Å². The second kappa shape index (κ2) is 6.43. The minimum Gasteiger partial charge on any atom is -0.428 e. The molecule has 0 fully saturated rings. The van der Waals surface area contributed by atoms with Crippen LogP contribution in [0, 0.1) is 5.82 Å². The van der Waals surface area contributed by atoms with Crippen molar-refractivity contribution in [3.05, 3.63) is 48.5 Å². The summed E-state index contributed by atoms with van der Waals surface area (Å²) in [5, 5.41) is 3.35. The van der Waals surface area contributed by atoms with Crippen LogP contribution < -0.4 is 10.1 Å². The highest BCUT2D eigenvalue weighted by molar-refractivity contribution is 5.98. The third-order valence-electron chi connectivity index (χ3n) is 3.26. The van der Waals surface area contributed by atoms with Crippen molar-refractivity contribution in [2.75, 3.05) is 5.32 Å². The average Bonchev–Trinajstić information content (AvgIpc) is 2.85.